The van der Waals surface area contributed by atoms with Crippen molar-refractivity contribution in [2.24, 2.45) is 11.8 Å². The third kappa shape index (κ3) is 4.55. The number of amides is 2. The van der Waals surface area contributed by atoms with Crippen molar-refractivity contribution >= 4 is 23.4 Å². The van der Waals surface area contributed by atoms with Crippen LogP contribution in [-0.2, 0) is 14.3 Å². The minimum absolute atomic E-state index is 0.00579. The van der Waals surface area contributed by atoms with Crippen molar-refractivity contribution in [3.8, 4) is 5.75 Å². The maximum Gasteiger partial charge on any atom is 0.258 e. The molecule has 1 aliphatic heterocycles. The molecule has 1 aromatic carbocycles. The molecule has 0 radical (unpaired) electrons. The lowest BCUT2D eigenvalue weighted by atomic mass is 9.60. The molecule has 5 rings (SSSR count). The standard InChI is InChI=1S/C21H27ClFN3O4/c1-2-18-20(24-10-30-18)21(28)26-17-8-16(11-5-12(17)6-11)25-19(27)9-29-13-3-4-14(22)15(23)7-13/h3-4,7,11-12,16-18,20,24H,2,5-6,8-10H2,1H3,(H,25,27)(H,26,28). The molecule has 0 aromatic heterocycles. The Morgan fingerprint density at radius 1 is 1.23 bits per heavy atom. The zero-order valence-electron chi connectivity index (χ0n) is 16.8. The summed E-state index contributed by atoms with van der Waals surface area (Å²) < 4.78 is 24.4. The van der Waals surface area contributed by atoms with E-state index in [-0.39, 0.29) is 53.4 Å². The van der Waals surface area contributed by atoms with Crippen molar-refractivity contribution in [1.82, 2.24) is 16.0 Å². The molecule has 2 amide bonds. The fourth-order valence-electron chi connectivity index (χ4n) is 4.70. The molecule has 3 saturated carbocycles. The Hall–Kier alpha value is -1.90. The molecule has 0 spiro atoms. The minimum atomic E-state index is -0.589. The van der Waals surface area contributed by atoms with Crippen LogP contribution in [0.1, 0.15) is 32.6 Å². The Bertz CT molecular complexity index is 804. The van der Waals surface area contributed by atoms with E-state index in [1.807, 2.05) is 6.92 Å². The van der Waals surface area contributed by atoms with Crippen LogP contribution in [-0.4, -0.2) is 49.4 Å². The monoisotopic (exact) mass is 439 g/mol. The predicted octanol–water partition coefficient (Wildman–Crippen LogP) is 1.98. The first-order chi connectivity index (χ1) is 14.4. The van der Waals surface area contributed by atoms with Crippen molar-refractivity contribution in [2.75, 3.05) is 13.3 Å². The average Bonchev–Trinajstić information content (AvgIpc) is 3.17. The van der Waals surface area contributed by atoms with Gasteiger partial charge in [-0.3, -0.25) is 14.9 Å². The summed E-state index contributed by atoms with van der Waals surface area (Å²) in [7, 11) is 0. The van der Waals surface area contributed by atoms with E-state index in [4.69, 9.17) is 21.1 Å². The molecule has 2 bridgehead atoms. The number of hydrogen-bond donors (Lipinski definition) is 3. The number of carbonyl (C=O) groups is 2. The summed E-state index contributed by atoms with van der Waals surface area (Å²) in [5.41, 5.74) is 0. The highest BCUT2D eigenvalue weighted by Crippen LogP contribution is 2.45. The number of rotatable bonds is 7. The number of hydrogen-bond acceptors (Lipinski definition) is 5. The van der Waals surface area contributed by atoms with E-state index in [2.05, 4.69) is 16.0 Å². The Labute approximate surface area is 180 Å². The molecule has 3 N–H and O–H groups in total. The number of benzene rings is 1. The highest BCUT2D eigenvalue weighted by atomic mass is 35.5. The molecule has 4 unspecified atom stereocenters. The lowest BCUT2D eigenvalue weighted by molar-refractivity contribution is -0.127. The van der Waals surface area contributed by atoms with Crippen molar-refractivity contribution < 1.29 is 23.5 Å². The smallest absolute Gasteiger partial charge is 0.258 e. The number of nitrogens with one attached hydrogen (secondary N) is 3. The predicted molar refractivity (Wildman–Crippen MR) is 109 cm³/mol. The van der Waals surface area contributed by atoms with Crippen LogP contribution in [0.5, 0.6) is 5.75 Å². The quantitative estimate of drug-likeness (QED) is 0.604. The van der Waals surface area contributed by atoms with Gasteiger partial charge in [0.05, 0.1) is 17.9 Å². The van der Waals surface area contributed by atoms with Gasteiger partial charge in [-0.1, -0.05) is 18.5 Å². The second kappa shape index (κ2) is 9.08. The average molecular weight is 440 g/mol. The van der Waals surface area contributed by atoms with Gasteiger partial charge in [-0.2, -0.15) is 0 Å². The van der Waals surface area contributed by atoms with E-state index in [9.17, 15) is 14.0 Å². The van der Waals surface area contributed by atoms with Crippen LogP contribution in [0.4, 0.5) is 4.39 Å². The second-order valence-electron chi connectivity index (χ2n) is 8.32. The number of fused-ring (bicyclic) bond motifs is 2. The summed E-state index contributed by atoms with van der Waals surface area (Å²) in [6.07, 6.45) is 3.35. The molecule has 4 aliphatic rings. The zero-order chi connectivity index (χ0) is 21.3. The van der Waals surface area contributed by atoms with Crippen molar-refractivity contribution in [3.63, 3.8) is 0 Å². The summed E-state index contributed by atoms with van der Waals surface area (Å²) in [6, 6.07) is 3.77. The van der Waals surface area contributed by atoms with Crippen LogP contribution >= 0.6 is 11.6 Å². The molecule has 1 aromatic rings. The second-order valence-corrected chi connectivity index (χ2v) is 8.73. The molecule has 7 nitrogen and oxygen atoms in total. The molecule has 9 heteroatoms. The van der Waals surface area contributed by atoms with Gasteiger partial charge in [-0.05, 0) is 49.7 Å². The van der Waals surface area contributed by atoms with Crippen LogP contribution in [0, 0.1) is 17.7 Å². The number of ether oxygens (including phenoxy) is 2. The normalized spacial score (nSPS) is 32.2. The van der Waals surface area contributed by atoms with Gasteiger partial charge in [0.15, 0.2) is 6.61 Å². The maximum atomic E-state index is 13.5. The molecular weight excluding hydrogens is 413 g/mol. The van der Waals surface area contributed by atoms with Gasteiger partial charge in [0.1, 0.15) is 17.6 Å². The topological polar surface area (TPSA) is 88.7 Å². The molecule has 30 heavy (non-hydrogen) atoms. The van der Waals surface area contributed by atoms with Crippen molar-refractivity contribution in [3.05, 3.63) is 29.0 Å². The highest BCUT2D eigenvalue weighted by molar-refractivity contribution is 6.30. The zero-order valence-corrected chi connectivity index (χ0v) is 17.6. The Morgan fingerprint density at radius 2 is 1.97 bits per heavy atom. The van der Waals surface area contributed by atoms with Crippen LogP contribution in [0.2, 0.25) is 5.02 Å². The lowest BCUT2D eigenvalue weighted by Gasteiger charge is -2.51. The molecule has 1 saturated heterocycles. The Kier molecular flexibility index (Phi) is 6.46. The molecule has 164 valence electrons. The molecule has 1 heterocycles. The van der Waals surface area contributed by atoms with E-state index in [1.54, 1.807) is 0 Å². The maximum absolute atomic E-state index is 13.5. The summed E-state index contributed by atoms with van der Waals surface area (Å²) in [5.74, 6) is 0.254. The van der Waals surface area contributed by atoms with Crippen LogP contribution in [0.15, 0.2) is 18.2 Å². The Morgan fingerprint density at radius 3 is 2.67 bits per heavy atom. The largest absolute Gasteiger partial charge is 0.484 e. The van der Waals surface area contributed by atoms with Crippen molar-refractivity contribution in [2.45, 2.75) is 56.8 Å². The molecular formula is C21H27ClFN3O4. The summed E-state index contributed by atoms with van der Waals surface area (Å²) >= 11 is 5.65. The third-order valence-corrected chi connectivity index (χ3v) is 6.76. The first-order valence-corrected chi connectivity index (χ1v) is 10.8. The van der Waals surface area contributed by atoms with E-state index in [1.165, 1.54) is 12.1 Å². The summed E-state index contributed by atoms with van der Waals surface area (Å²) in [6.45, 7) is 2.19. The van der Waals surface area contributed by atoms with E-state index < -0.39 is 5.82 Å². The fraction of sp³-hybridized carbons (Fsp3) is 0.619. The van der Waals surface area contributed by atoms with Crippen LogP contribution < -0.4 is 20.7 Å². The van der Waals surface area contributed by atoms with Crippen molar-refractivity contribution in [1.29, 1.82) is 0 Å². The molecule has 3 aliphatic carbocycles. The van der Waals surface area contributed by atoms with Gasteiger partial charge in [0.25, 0.3) is 5.91 Å². The fourth-order valence-corrected chi connectivity index (χ4v) is 4.82. The lowest BCUT2D eigenvalue weighted by Crippen LogP contribution is -2.61. The summed E-state index contributed by atoms with van der Waals surface area (Å²) in [5, 5.41) is 9.30. The first kappa shape index (κ1) is 21.3. The van der Waals surface area contributed by atoms with Gasteiger partial charge < -0.3 is 20.1 Å². The first-order valence-electron chi connectivity index (χ1n) is 10.5. The minimum Gasteiger partial charge on any atom is -0.484 e. The van der Waals surface area contributed by atoms with E-state index in [0.717, 1.165) is 25.3 Å². The SMILES string of the molecule is CCC1OCNC1C(=O)NC1CC(NC(=O)COc2ccc(Cl)c(F)c2)C2CC1C2. The van der Waals surface area contributed by atoms with Gasteiger partial charge in [-0.25, -0.2) is 4.39 Å². The van der Waals surface area contributed by atoms with Gasteiger partial charge in [0.2, 0.25) is 5.91 Å². The number of carbonyl (C=O) groups excluding carboxylic acids is 2. The van der Waals surface area contributed by atoms with E-state index >= 15 is 0 Å². The van der Waals surface area contributed by atoms with Gasteiger partial charge in [0, 0.05) is 18.2 Å². The van der Waals surface area contributed by atoms with E-state index in [0.29, 0.717) is 25.0 Å². The summed E-state index contributed by atoms with van der Waals surface area (Å²) in [4.78, 5) is 25.0. The molecule has 4 fully saturated rings. The molecule has 4 atom stereocenters. The Balaban J connectivity index is 1.27. The highest BCUT2D eigenvalue weighted by Gasteiger charge is 2.47. The van der Waals surface area contributed by atoms with Gasteiger partial charge in [-0.15, -0.1) is 0 Å². The van der Waals surface area contributed by atoms with Crippen LogP contribution in [0.25, 0.3) is 0 Å². The van der Waals surface area contributed by atoms with Crippen LogP contribution in [0.3, 0.4) is 0 Å². The number of halogens is 2. The van der Waals surface area contributed by atoms with Gasteiger partial charge >= 0.3 is 0 Å². The third-order valence-electron chi connectivity index (χ3n) is 6.45.